The van der Waals surface area contributed by atoms with Crippen molar-refractivity contribution in [1.29, 1.82) is 0 Å². The maximum absolute atomic E-state index is 11.4. The van der Waals surface area contributed by atoms with Crippen LogP contribution in [0.15, 0.2) is 0 Å². The zero-order chi connectivity index (χ0) is 11.6. The predicted molar refractivity (Wildman–Crippen MR) is 60.1 cm³/mol. The molecule has 2 aliphatic rings. The average Bonchev–Trinajstić information content (AvgIpc) is 2.84. The molecule has 0 aliphatic carbocycles. The Kier molecular flexibility index (Phi) is 3.53. The molecule has 0 radical (unpaired) electrons. The van der Waals surface area contributed by atoms with Crippen molar-refractivity contribution in [2.24, 2.45) is 0 Å². The van der Waals surface area contributed by atoms with Gasteiger partial charge in [0.15, 0.2) is 9.84 Å². The minimum absolute atomic E-state index is 0.0449. The fraction of sp³-hybridized carbons (Fsp3) is 1.00. The quantitative estimate of drug-likeness (QED) is 0.689. The number of rotatable bonds is 4. The van der Waals surface area contributed by atoms with Crippen LogP contribution in [0.25, 0.3) is 0 Å². The van der Waals surface area contributed by atoms with E-state index in [-0.39, 0.29) is 24.2 Å². The summed E-state index contributed by atoms with van der Waals surface area (Å²) in [6.45, 7) is 1.30. The first-order chi connectivity index (χ1) is 7.55. The highest BCUT2D eigenvalue weighted by molar-refractivity contribution is 7.91. The molecule has 5 nitrogen and oxygen atoms in total. The molecule has 2 unspecified atom stereocenters. The average molecular weight is 249 g/mol. The smallest absolute Gasteiger partial charge is 0.152 e. The summed E-state index contributed by atoms with van der Waals surface area (Å²) in [5, 5.41) is 12.5. The van der Waals surface area contributed by atoms with Gasteiger partial charge in [-0.3, -0.25) is 0 Å². The van der Waals surface area contributed by atoms with Crippen molar-refractivity contribution in [1.82, 2.24) is 5.32 Å². The van der Waals surface area contributed by atoms with E-state index < -0.39 is 15.4 Å². The van der Waals surface area contributed by atoms with Gasteiger partial charge in [0.2, 0.25) is 0 Å². The summed E-state index contributed by atoms with van der Waals surface area (Å²) in [5.41, 5.74) is -0.634. The van der Waals surface area contributed by atoms with Gasteiger partial charge in [0, 0.05) is 13.2 Å². The van der Waals surface area contributed by atoms with Gasteiger partial charge in [-0.1, -0.05) is 0 Å². The standard InChI is InChI=1S/C10H19NO4S/c12-7-10(3-5-16(13,14)8-10)11-6-9-2-1-4-15-9/h9,11-12H,1-8H2. The van der Waals surface area contributed by atoms with Crippen LogP contribution in [0.2, 0.25) is 0 Å². The van der Waals surface area contributed by atoms with Crippen LogP contribution >= 0.6 is 0 Å². The summed E-state index contributed by atoms with van der Waals surface area (Å²) >= 11 is 0. The number of hydrogen-bond donors (Lipinski definition) is 2. The van der Waals surface area contributed by atoms with Crippen molar-refractivity contribution in [3.05, 3.63) is 0 Å². The molecule has 2 atom stereocenters. The highest BCUT2D eigenvalue weighted by Crippen LogP contribution is 2.23. The lowest BCUT2D eigenvalue weighted by molar-refractivity contribution is 0.0926. The Morgan fingerprint density at radius 3 is 2.81 bits per heavy atom. The summed E-state index contributed by atoms with van der Waals surface area (Å²) in [7, 11) is -2.98. The van der Waals surface area contributed by atoms with E-state index in [1.54, 1.807) is 0 Å². The maximum Gasteiger partial charge on any atom is 0.152 e. The molecule has 2 rings (SSSR count). The number of aliphatic hydroxyl groups excluding tert-OH is 1. The lowest BCUT2D eigenvalue weighted by atomic mass is 10.00. The molecule has 94 valence electrons. The highest BCUT2D eigenvalue weighted by atomic mass is 32.2. The minimum atomic E-state index is -2.98. The Morgan fingerprint density at radius 2 is 2.31 bits per heavy atom. The van der Waals surface area contributed by atoms with Crippen LogP contribution in [-0.4, -0.2) is 56.4 Å². The Bertz CT molecular complexity index is 337. The van der Waals surface area contributed by atoms with Gasteiger partial charge in [0.05, 0.1) is 29.8 Å². The lowest BCUT2D eigenvalue weighted by Gasteiger charge is -2.28. The first-order valence-electron chi connectivity index (χ1n) is 5.73. The molecule has 2 aliphatic heterocycles. The van der Waals surface area contributed by atoms with Crippen molar-refractivity contribution in [3.8, 4) is 0 Å². The second-order valence-electron chi connectivity index (χ2n) is 4.80. The summed E-state index contributed by atoms with van der Waals surface area (Å²) < 4.78 is 28.3. The van der Waals surface area contributed by atoms with Crippen molar-refractivity contribution in [2.45, 2.75) is 30.9 Å². The van der Waals surface area contributed by atoms with Crippen LogP contribution < -0.4 is 5.32 Å². The fourth-order valence-corrected chi connectivity index (χ4v) is 4.40. The van der Waals surface area contributed by atoms with E-state index in [1.165, 1.54) is 0 Å². The van der Waals surface area contributed by atoms with Crippen LogP contribution in [0.5, 0.6) is 0 Å². The van der Waals surface area contributed by atoms with Gasteiger partial charge in [-0.05, 0) is 19.3 Å². The molecular weight excluding hydrogens is 230 g/mol. The predicted octanol–water partition coefficient (Wildman–Crippen LogP) is -0.695. The summed E-state index contributed by atoms with van der Waals surface area (Å²) in [6, 6.07) is 0. The zero-order valence-electron chi connectivity index (χ0n) is 9.31. The Hall–Kier alpha value is -0.170. The number of ether oxygens (including phenoxy) is 1. The van der Waals surface area contributed by atoms with E-state index in [9.17, 15) is 13.5 Å². The van der Waals surface area contributed by atoms with Crippen molar-refractivity contribution < 1.29 is 18.3 Å². The number of sulfone groups is 1. The van der Waals surface area contributed by atoms with E-state index in [1.807, 2.05) is 0 Å². The second kappa shape index (κ2) is 4.60. The van der Waals surface area contributed by atoms with Gasteiger partial charge < -0.3 is 15.2 Å². The molecule has 6 heteroatoms. The van der Waals surface area contributed by atoms with Gasteiger partial charge in [0.1, 0.15) is 0 Å². The number of hydrogen-bond acceptors (Lipinski definition) is 5. The molecule has 0 aromatic heterocycles. The van der Waals surface area contributed by atoms with E-state index in [2.05, 4.69) is 5.32 Å². The fourth-order valence-electron chi connectivity index (χ4n) is 2.37. The van der Waals surface area contributed by atoms with Crippen LogP contribution in [-0.2, 0) is 14.6 Å². The monoisotopic (exact) mass is 249 g/mol. The van der Waals surface area contributed by atoms with E-state index in [4.69, 9.17) is 4.74 Å². The van der Waals surface area contributed by atoms with Gasteiger partial charge in [-0.2, -0.15) is 0 Å². The third-order valence-corrected chi connectivity index (χ3v) is 5.24. The normalized spacial score (nSPS) is 37.9. The molecule has 0 saturated carbocycles. The van der Waals surface area contributed by atoms with Crippen LogP contribution in [0.4, 0.5) is 0 Å². The van der Waals surface area contributed by atoms with Gasteiger partial charge >= 0.3 is 0 Å². The minimum Gasteiger partial charge on any atom is -0.394 e. The van der Waals surface area contributed by atoms with E-state index in [0.29, 0.717) is 13.0 Å². The molecule has 0 bridgehead atoms. The van der Waals surface area contributed by atoms with E-state index >= 15 is 0 Å². The van der Waals surface area contributed by atoms with Gasteiger partial charge in [-0.15, -0.1) is 0 Å². The Morgan fingerprint density at radius 1 is 1.50 bits per heavy atom. The van der Waals surface area contributed by atoms with Crippen molar-refractivity contribution in [2.75, 3.05) is 31.3 Å². The molecule has 0 aromatic rings. The van der Waals surface area contributed by atoms with E-state index in [0.717, 1.165) is 19.4 Å². The first-order valence-corrected chi connectivity index (χ1v) is 7.55. The van der Waals surface area contributed by atoms with Gasteiger partial charge in [-0.25, -0.2) is 8.42 Å². The summed E-state index contributed by atoms with van der Waals surface area (Å²) in [6.07, 6.45) is 2.75. The molecule has 2 N–H and O–H groups in total. The number of aliphatic hydroxyl groups is 1. The van der Waals surface area contributed by atoms with Crippen molar-refractivity contribution >= 4 is 9.84 Å². The second-order valence-corrected chi connectivity index (χ2v) is 6.98. The lowest BCUT2D eigenvalue weighted by Crippen LogP contribution is -2.52. The first kappa shape index (κ1) is 12.3. The SMILES string of the molecule is O=S1(=O)CCC(CO)(NCC2CCCO2)C1. The molecule has 0 aromatic carbocycles. The molecule has 0 amide bonds. The van der Waals surface area contributed by atoms with Crippen molar-refractivity contribution in [3.63, 3.8) is 0 Å². The summed E-state index contributed by atoms with van der Waals surface area (Å²) in [4.78, 5) is 0. The molecule has 0 spiro atoms. The summed E-state index contributed by atoms with van der Waals surface area (Å²) in [5.74, 6) is 0.218. The third kappa shape index (κ3) is 2.74. The maximum atomic E-state index is 11.4. The molecule has 16 heavy (non-hydrogen) atoms. The van der Waals surface area contributed by atoms with Crippen LogP contribution in [0, 0.1) is 0 Å². The molecular formula is C10H19NO4S. The molecule has 2 saturated heterocycles. The van der Waals surface area contributed by atoms with Crippen LogP contribution in [0.3, 0.4) is 0 Å². The molecule has 2 heterocycles. The number of nitrogens with one attached hydrogen (secondary N) is 1. The largest absolute Gasteiger partial charge is 0.394 e. The van der Waals surface area contributed by atoms with Gasteiger partial charge in [0.25, 0.3) is 0 Å². The Balaban J connectivity index is 1.90. The third-order valence-electron chi connectivity index (χ3n) is 3.42. The molecule has 2 fully saturated rings. The topological polar surface area (TPSA) is 75.6 Å². The Labute approximate surface area is 96.1 Å². The highest BCUT2D eigenvalue weighted by Gasteiger charge is 2.41. The van der Waals surface area contributed by atoms with Crippen LogP contribution in [0.1, 0.15) is 19.3 Å². The zero-order valence-corrected chi connectivity index (χ0v) is 10.1.